The minimum Gasteiger partial charge on any atom is -0.315 e. The van der Waals surface area contributed by atoms with Crippen LogP contribution in [-0.4, -0.2) is 34.7 Å². The Morgan fingerprint density at radius 1 is 1.03 bits per heavy atom. The molecule has 164 valence electrons. The summed E-state index contributed by atoms with van der Waals surface area (Å²) in [7, 11) is 1.46. The van der Waals surface area contributed by atoms with E-state index < -0.39 is 22.7 Å². The van der Waals surface area contributed by atoms with Gasteiger partial charge in [0, 0.05) is 12.6 Å². The van der Waals surface area contributed by atoms with Crippen molar-refractivity contribution in [1.29, 1.82) is 0 Å². The van der Waals surface area contributed by atoms with Crippen LogP contribution in [0.3, 0.4) is 0 Å². The molecule has 2 aromatic carbocycles. The van der Waals surface area contributed by atoms with E-state index in [1.807, 2.05) is 6.07 Å². The number of carbonyl (C=O) groups is 1. The number of rotatable bonds is 4. The van der Waals surface area contributed by atoms with Crippen molar-refractivity contribution in [3.05, 3.63) is 92.1 Å². The number of benzene rings is 2. The maximum Gasteiger partial charge on any atom is 0.329 e. The van der Waals surface area contributed by atoms with Gasteiger partial charge in [0.15, 0.2) is 17.0 Å². The van der Waals surface area contributed by atoms with E-state index in [2.05, 4.69) is 20.4 Å². The SMILES string of the molecule is Cn1c(=O)[nH]c(=O)c2c1ncn2CC(=O)Nn1c(-c2ccccc2)nc2ccccc2c1=O. The second-order valence-corrected chi connectivity index (χ2v) is 7.36. The molecule has 0 fully saturated rings. The van der Waals surface area contributed by atoms with E-state index in [1.165, 1.54) is 22.5 Å². The van der Waals surface area contributed by atoms with E-state index in [1.54, 1.807) is 48.5 Å². The zero-order valence-corrected chi connectivity index (χ0v) is 17.3. The number of nitrogens with one attached hydrogen (secondary N) is 2. The number of H-pyrrole nitrogens is 1. The number of aryl methyl sites for hydroxylation is 1. The molecule has 0 atom stereocenters. The molecule has 3 aromatic heterocycles. The van der Waals surface area contributed by atoms with Gasteiger partial charge in [-0.1, -0.05) is 42.5 Å². The van der Waals surface area contributed by atoms with Crippen LogP contribution in [0.4, 0.5) is 0 Å². The lowest BCUT2D eigenvalue weighted by atomic mass is 10.2. The molecule has 5 aromatic rings. The molecule has 0 unspecified atom stereocenters. The van der Waals surface area contributed by atoms with Gasteiger partial charge in [0.2, 0.25) is 0 Å². The van der Waals surface area contributed by atoms with Crippen molar-refractivity contribution < 1.29 is 4.79 Å². The monoisotopic (exact) mass is 443 g/mol. The van der Waals surface area contributed by atoms with Crippen molar-refractivity contribution in [3.8, 4) is 11.4 Å². The Bertz CT molecular complexity index is 1710. The summed E-state index contributed by atoms with van der Waals surface area (Å²) in [6, 6.07) is 15.9. The molecule has 2 N–H and O–H groups in total. The van der Waals surface area contributed by atoms with Crippen LogP contribution in [-0.2, 0) is 18.4 Å². The minimum atomic E-state index is -0.659. The van der Waals surface area contributed by atoms with Crippen molar-refractivity contribution in [1.82, 2.24) is 28.8 Å². The predicted octanol–water partition coefficient (Wildman–Crippen LogP) is 0.570. The van der Waals surface area contributed by atoms with Crippen LogP contribution in [0, 0.1) is 0 Å². The Morgan fingerprint density at radius 3 is 2.55 bits per heavy atom. The third-order valence-corrected chi connectivity index (χ3v) is 5.23. The van der Waals surface area contributed by atoms with Gasteiger partial charge in [-0.15, -0.1) is 0 Å². The van der Waals surface area contributed by atoms with Crippen molar-refractivity contribution in [2.75, 3.05) is 5.43 Å². The van der Waals surface area contributed by atoms with Crippen LogP contribution in [0.5, 0.6) is 0 Å². The number of hydrogen-bond donors (Lipinski definition) is 2. The van der Waals surface area contributed by atoms with E-state index in [4.69, 9.17) is 0 Å². The summed E-state index contributed by atoms with van der Waals surface area (Å²) in [5.41, 5.74) is 2.24. The van der Waals surface area contributed by atoms with E-state index in [9.17, 15) is 19.2 Å². The highest BCUT2D eigenvalue weighted by Gasteiger charge is 2.17. The Hall–Kier alpha value is -4.80. The zero-order chi connectivity index (χ0) is 23.1. The van der Waals surface area contributed by atoms with Crippen LogP contribution in [0.2, 0.25) is 0 Å². The molecule has 33 heavy (non-hydrogen) atoms. The standard InChI is InChI=1S/C22H17N7O4/c1-27-19-17(20(31)25-22(27)33)28(12-23-19)11-16(30)26-29-18(13-7-3-2-4-8-13)24-15-10-6-5-9-14(15)21(29)32/h2-10,12H,11H2,1H3,(H,26,30)(H,25,31,33). The number of nitrogens with zero attached hydrogens (tertiary/aromatic N) is 5. The van der Waals surface area contributed by atoms with Gasteiger partial charge in [-0.25, -0.2) is 14.8 Å². The first-order valence-electron chi connectivity index (χ1n) is 9.95. The van der Waals surface area contributed by atoms with E-state index in [-0.39, 0.29) is 23.5 Å². The predicted molar refractivity (Wildman–Crippen MR) is 121 cm³/mol. The molecule has 0 bridgehead atoms. The molecule has 0 saturated heterocycles. The first kappa shape index (κ1) is 20.1. The Balaban J connectivity index is 1.58. The fraction of sp³-hybridized carbons (Fsp3) is 0.0909. The van der Waals surface area contributed by atoms with Crippen LogP contribution in [0.25, 0.3) is 33.5 Å². The molecule has 0 spiro atoms. The van der Waals surface area contributed by atoms with Gasteiger partial charge in [-0.05, 0) is 12.1 Å². The summed E-state index contributed by atoms with van der Waals surface area (Å²) in [4.78, 5) is 61.0. The van der Waals surface area contributed by atoms with Gasteiger partial charge >= 0.3 is 5.69 Å². The minimum absolute atomic E-state index is 0.0690. The highest BCUT2D eigenvalue weighted by atomic mass is 16.2. The lowest BCUT2D eigenvalue weighted by Crippen LogP contribution is -2.37. The van der Waals surface area contributed by atoms with E-state index in [0.29, 0.717) is 16.5 Å². The Kier molecular flexibility index (Phi) is 4.70. The summed E-state index contributed by atoms with van der Waals surface area (Å²) >= 11 is 0. The van der Waals surface area contributed by atoms with Crippen LogP contribution in [0.15, 0.2) is 75.3 Å². The molecule has 11 heteroatoms. The first-order valence-corrected chi connectivity index (χ1v) is 9.95. The molecular formula is C22H17N7O4. The topological polar surface area (TPSA) is 137 Å². The number of aromatic nitrogens is 6. The van der Waals surface area contributed by atoms with E-state index in [0.717, 1.165) is 4.68 Å². The number of para-hydroxylation sites is 1. The van der Waals surface area contributed by atoms with Gasteiger partial charge in [0.05, 0.1) is 17.2 Å². The summed E-state index contributed by atoms with van der Waals surface area (Å²) in [5, 5.41) is 0.344. The second kappa shape index (κ2) is 7.71. The molecule has 11 nitrogen and oxygen atoms in total. The van der Waals surface area contributed by atoms with Crippen molar-refractivity contribution in [2.24, 2.45) is 7.05 Å². The smallest absolute Gasteiger partial charge is 0.315 e. The maximum atomic E-state index is 13.2. The molecule has 5 rings (SSSR count). The van der Waals surface area contributed by atoms with Gasteiger partial charge < -0.3 is 4.57 Å². The highest BCUT2D eigenvalue weighted by Crippen LogP contribution is 2.17. The molecule has 0 aliphatic rings. The van der Waals surface area contributed by atoms with Crippen molar-refractivity contribution >= 4 is 28.0 Å². The Morgan fingerprint density at radius 2 is 1.76 bits per heavy atom. The van der Waals surface area contributed by atoms with Crippen LogP contribution < -0.4 is 22.2 Å². The quantitative estimate of drug-likeness (QED) is 0.417. The number of carbonyl (C=O) groups excluding carboxylic acids is 1. The normalized spacial score (nSPS) is 11.2. The lowest BCUT2D eigenvalue weighted by Gasteiger charge is -2.15. The molecule has 1 amide bonds. The van der Waals surface area contributed by atoms with Gasteiger partial charge in [-0.3, -0.25) is 29.4 Å². The zero-order valence-electron chi connectivity index (χ0n) is 17.3. The second-order valence-electron chi connectivity index (χ2n) is 7.36. The summed E-state index contributed by atoms with van der Waals surface area (Å²) in [5.74, 6) is -0.317. The van der Waals surface area contributed by atoms with Gasteiger partial charge in [0.25, 0.3) is 17.0 Å². The number of fused-ring (bicyclic) bond motifs is 2. The highest BCUT2D eigenvalue weighted by molar-refractivity contribution is 5.87. The average molecular weight is 443 g/mol. The number of aromatic amines is 1. The van der Waals surface area contributed by atoms with Gasteiger partial charge in [0.1, 0.15) is 6.54 Å². The molecule has 0 aliphatic heterocycles. The first-order chi connectivity index (χ1) is 15.9. The molecular weight excluding hydrogens is 426 g/mol. The fourth-order valence-corrected chi connectivity index (χ4v) is 3.64. The fourth-order valence-electron chi connectivity index (χ4n) is 3.64. The lowest BCUT2D eigenvalue weighted by molar-refractivity contribution is -0.117. The summed E-state index contributed by atoms with van der Waals surface area (Å²) in [6.07, 6.45) is 1.29. The molecule has 0 aliphatic carbocycles. The number of hydrogen-bond acceptors (Lipinski definition) is 6. The van der Waals surface area contributed by atoms with E-state index >= 15 is 0 Å². The van der Waals surface area contributed by atoms with Crippen molar-refractivity contribution in [2.45, 2.75) is 6.54 Å². The third-order valence-electron chi connectivity index (χ3n) is 5.23. The third kappa shape index (κ3) is 3.41. The van der Waals surface area contributed by atoms with Gasteiger partial charge in [-0.2, -0.15) is 4.68 Å². The number of amides is 1. The summed E-state index contributed by atoms with van der Waals surface area (Å²) in [6.45, 7) is -0.314. The van der Waals surface area contributed by atoms with Crippen LogP contribution >= 0.6 is 0 Å². The largest absolute Gasteiger partial charge is 0.329 e. The maximum absolute atomic E-state index is 13.2. The summed E-state index contributed by atoms with van der Waals surface area (Å²) < 4.78 is 3.58. The molecule has 0 radical (unpaired) electrons. The Labute approximate surface area is 184 Å². The van der Waals surface area contributed by atoms with Crippen LogP contribution in [0.1, 0.15) is 0 Å². The molecule has 0 saturated carbocycles. The number of imidazole rings is 1. The van der Waals surface area contributed by atoms with Crippen molar-refractivity contribution in [3.63, 3.8) is 0 Å². The molecule has 3 heterocycles. The average Bonchev–Trinajstić information content (AvgIpc) is 3.24.